The summed E-state index contributed by atoms with van der Waals surface area (Å²) in [5.41, 5.74) is 8.52. The predicted molar refractivity (Wildman–Crippen MR) is 92.7 cm³/mol. The van der Waals surface area contributed by atoms with Crippen molar-refractivity contribution in [2.75, 3.05) is 11.5 Å². The summed E-state index contributed by atoms with van der Waals surface area (Å²) in [6.45, 7) is 1.99. The van der Waals surface area contributed by atoms with Gasteiger partial charge in [0.1, 0.15) is 16.9 Å². The minimum atomic E-state index is -0.382. The summed E-state index contributed by atoms with van der Waals surface area (Å²) in [7, 11) is 0. The van der Waals surface area contributed by atoms with Crippen molar-refractivity contribution in [1.82, 2.24) is 4.98 Å². The van der Waals surface area contributed by atoms with Gasteiger partial charge in [-0.25, -0.2) is 9.37 Å². The summed E-state index contributed by atoms with van der Waals surface area (Å²) in [5.74, 6) is 0.388. The van der Waals surface area contributed by atoms with Crippen molar-refractivity contribution < 1.29 is 4.39 Å². The Morgan fingerprint density at radius 2 is 2.00 bits per heavy atom. The van der Waals surface area contributed by atoms with Crippen molar-refractivity contribution in [3.8, 4) is 17.2 Å². The summed E-state index contributed by atoms with van der Waals surface area (Å²) < 4.78 is 14.4. The van der Waals surface area contributed by atoms with Gasteiger partial charge in [0.05, 0.1) is 11.1 Å². The van der Waals surface area contributed by atoms with Crippen LogP contribution in [0.25, 0.3) is 22.0 Å². The highest BCUT2D eigenvalue weighted by atomic mass is 32.2. The van der Waals surface area contributed by atoms with Crippen molar-refractivity contribution in [1.29, 1.82) is 5.26 Å². The molecule has 1 heterocycles. The van der Waals surface area contributed by atoms with Crippen LogP contribution in [0.2, 0.25) is 0 Å². The van der Waals surface area contributed by atoms with E-state index in [0.29, 0.717) is 38.3 Å². The first-order valence-corrected chi connectivity index (χ1v) is 8.16. The molecule has 1 aromatic heterocycles. The van der Waals surface area contributed by atoms with Gasteiger partial charge in [0.2, 0.25) is 0 Å². The Hall–Kier alpha value is -2.58. The molecule has 3 nitrogen and oxygen atoms in total. The second-order valence-corrected chi connectivity index (χ2v) is 6.19. The van der Waals surface area contributed by atoms with Crippen molar-refractivity contribution in [2.45, 2.75) is 11.9 Å². The number of rotatable bonds is 3. The fraction of sp³-hybridized carbons (Fsp3) is 0.111. The molecule has 2 aromatic carbocycles. The molecule has 3 rings (SSSR count). The maximum atomic E-state index is 14.4. The van der Waals surface area contributed by atoms with Gasteiger partial charge in [0, 0.05) is 22.2 Å². The molecule has 23 heavy (non-hydrogen) atoms. The van der Waals surface area contributed by atoms with Crippen LogP contribution in [-0.2, 0) is 0 Å². The van der Waals surface area contributed by atoms with Gasteiger partial charge < -0.3 is 5.73 Å². The summed E-state index contributed by atoms with van der Waals surface area (Å²) in [6, 6.07) is 14.0. The molecule has 0 aliphatic heterocycles. The van der Waals surface area contributed by atoms with Crippen LogP contribution in [-0.4, -0.2) is 10.7 Å². The van der Waals surface area contributed by atoms with E-state index in [1.54, 1.807) is 24.3 Å². The van der Waals surface area contributed by atoms with E-state index in [1.807, 2.05) is 19.1 Å². The molecule has 0 spiro atoms. The zero-order chi connectivity index (χ0) is 16.4. The van der Waals surface area contributed by atoms with Gasteiger partial charge in [0.15, 0.2) is 0 Å². The maximum absolute atomic E-state index is 14.4. The minimum Gasteiger partial charge on any atom is -0.398 e. The quantitative estimate of drug-likeness (QED) is 0.565. The molecule has 0 unspecified atom stereocenters. The highest BCUT2D eigenvalue weighted by Gasteiger charge is 2.20. The normalized spacial score (nSPS) is 10.7. The molecule has 0 aliphatic rings. The molecular weight excluding hydrogens is 309 g/mol. The van der Waals surface area contributed by atoms with Crippen LogP contribution in [0, 0.1) is 17.1 Å². The van der Waals surface area contributed by atoms with Crippen LogP contribution in [0.15, 0.2) is 47.5 Å². The van der Waals surface area contributed by atoms with Crippen molar-refractivity contribution >= 4 is 28.4 Å². The molecule has 0 atom stereocenters. The Balaban J connectivity index is 2.51. The van der Waals surface area contributed by atoms with Crippen molar-refractivity contribution in [3.05, 3.63) is 53.8 Å². The molecular formula is C18H14FN3S. The lowest BCUT2D eigenvalue weighted by atomic mass is 9.95. The standard InChI is InChI=1S/C18H14FN3S/c1-2-23-18-12(10-20)16(11-6-3-4-7-13(11)19)17-14(21)8-5-9-15(17)22-18/h3-9H,2,21H2,1H3. The molecule has 0 saturated carbocycles. The zero-order valence-electron chi connectivity index (χ0n) is 12.5. The van der Waals surface area contributed by atoms with Crippen LogP contribution < -0.4 is 5.73 Å². The summed E-state index contributed by atoms with van der Waals surface area (Å²) in [5, 5.41) is 10.9. The number of nitrogen functional groups attached to an aromatic ring is 1. The molecule has 0 amide bonds. The van der Waals surface area contributed by atoms with Gasteiger partial charge in [-0.3, -0.25) is 0 Å². The summed E-state index contributed by atoms with van der Waals surface area (Å²) in [4.78, 5) is 4.55. The lowest BCUT2D eigenvalue weighted by Crippen LogP contribution is -1.99. The number of fused-ring (bicyclic) bond motifs is 1. The second kappa shape index (κ2) is 6.27. The summed E-state index contributed by atoms with van der Waals surface area (Å²) >= 11 is 1.46. The van der Waals surface area contributed by atoms with Crippen LogP contribution in [0.3, 0.4) is 0 Å². The van der Waals surface area contributed by atoms with Gasteiger partial charge in [0.25, 0.3) is 0 Å². The number of anilines is 1. The third kappa shape index (κ3) is 2.62. The number of aromatic nitrogens is 1. The third-order valence-electron chi connectivity index (χ3n) is 3.55. The fourth-order valence-electron chi connectivity index (χ4n) is 2.60. The first kappa shape index (κ1) is 15.3. The SMILES string of the molecule is CCSc1nc2cccc(N)c2c(-c2ccccc2F)c1C#N. The Kier molecular flexibility index (Phi) is 4.18. The Bertz CT molecular complexity index is 931. The van der Waals surface area contributed by atoms with Gasteiger partial charge in [-0.05, 0) is 24.0 Å². The molecule has 114 valence electrons. The van der Waals surface area contributed by atoms with E-state index in [0.717, 1.165) is 5.75 Å². The van der Waals surface area contributed by atoms with E-state index in [9.17, 15) is 9.65 Å². The average Bonchev–Trinajstić information content (AvgIpc) is 2.55. The predicted octanol–water partition coefficient (Wildman–Crippen LogP) is 4.61. The lowest BCUT2D eigenvalue weighted by molar-refractivity contribution is 0.631. The number of hydrogen-bond donors (Lipinski definition) is 1. The molecule has 0 bridgehead atoms. The Labute approximate surface area is 138 Å². The van der Waals surface area contributed by atoms with Crippen LogP contribution in [0.1, 0.15) is 12.5 Å². The van der Waals surface area contributed by atoms with Gasteiger partial charge in [-0.15, -0.1) is 11.8 Å². The molecule has 0 fully saturated rings. The van der Waals surface area contributed by atoms with E-state index < -0.39 is 0 Å². The van der Waals surface area contributed by atoms with Crippen LogP contribution in [0.5, 0.6) is 0 Å². The van der Waals surface area contributed by atoms with Gasteiger partial charge in [-0.1, -0.05) is 31.2 Å². The van der Waals surface area contributed by atoms with Gasteiger partial charge in [-0.2, -0.15) is 5.26 Å². The largest absolute Gasteiger partial charge is 0.398 e. The number of nitriles is 1. The van der Waals surface area contributed by atoms with Crippen LogP contribution in [0.4, 0.5) is 10.1 Å². The molecule has 5 heteroatoms. The van der Waals surface area contributed by atoms with E-state index in [2.05, 4.69) is 11.1 Å². The van der Waals surface area contributed by atoms with E-state index in [4.69, 9.17) is 5.73 Å². The average molecular weight is 323 g/mol. The number of halogens is 1. The van der Waals surface area contributed by atoms with Gasteiger partial charge >= 0.3 is 0 Å². The van der Waals surface area contributed by atoms with Crippen LogP contribution >= 0.6 is 11.8 Å². The number of benzene rings is 2. The first-order valence-electron chi connectivity index (χ1n) is 7.17. The highest BCUT2D eigenvalue weighted by molar-refractivity contribution is 7.99. The topological polar surface area (TPSA) is 62.7 Å². The molecule has 0 saturated heterocycles. The Morgan fingerprint density at radius 3 is 2.70 bits per heavy atom. The number of nitrogens with two attached hydrogens (primary N) is 1. The number of thioether (sulfide) groups is 1. The maximum Gasteiger partial charge on any atom is 0.131 e. The minimum absolute atomic E-state index is 0.368. The van der Waals surface area contributed by atoms with E-state index in [-0.39, 0.29) is 5.82 Å². The highest BCUT2D eigenvalue weighted by Crippen LogP contribution is 2.39. The van der Waals surface area contributed by atoms with Crippen molar-refractivity contribution in [3.63, 3.8) is 0 Å². The first-order chi connectivity index (χ1) is 11.2. The monoisotopic (exact) mass is 323 g/mol. The molecule has 0 radical (unpaired) electrons. The Morgan fingerprint density at radius 1 is 1.22 bits per heavy atom. The number of pyridine rings is 1. The number of hydrogen-bond acceptors (Lipinski definition) is 4. The van der Waals surface area contributed by atoms with Crippen molar-refractivity contribution in [2.24, 2.45) is 0 Å². The molecule has 3 aromatic rings. The van der Waals surface area contributed by atoms with E-state index >= 15 is 0 Å². The third-order valence-corrected chi connectivity index (χ3v) is 4.40. The summed E-state index contributed by atoms with van der Waals surface area (Å²) in [6.07, 6.45) is 0. The second-order valence-electron chi connectivity index (χ2n) is 4.93. The number of nitrogens with zero attached hydrogens (tertiary/aromatic N) is 2. The smallest absolute Gasteiger partial charge is 0.131 e. The lowest BCUT2D eigenvalue weighted by Gasteiger charge is -2.14. The fourth-order valence-corrected chi connectivity index (χ4v) is 3.33. The molecule has 0 aliphatic carbocycles. The van der Waals surface area contributed by atoms with E-state index in [1.165, 1.54) is 17.8 Å². The molecule has 2 N–H and O–H groups in total. The zero-order valence-corrected chi connectivity index (χ0v) is 13.3.